The monoisotopic (exact) mass is 255 g/mol. The van der Waals surface area contributed by atoms with Gasteiger partial charge in [-0.15, -0.1) is 0 Å². The number of hydrogen-bond acceptors (Lipinski definition) is 2. The first kappa shape index (κ1) is 12.3. The summed E-state index contributed by atoms with van der Waals surface area (Å²) in [6, 6.07) is 8.74. The van der Waals surface area contributed by atoms with E-state index in [-0.39, 0.29) is 0 Å². The molecule has 0 aliphatic carbocycles. The standard InChI is InChI=1S/C13H18ClNS/c1-2-15-13(11-6-7-16-9-11)10-4-3-5-12(14)8-10/h3-5,8,11,13,15H,2,6-7,9H2,1H3. The minimum absolute atomic E-state index is 0.471. The molecule has 0 radical (unpaired) electrons. The third-order valence-electron chi connectivity index (χ3n) is 3.07. The molecule has 1 nitrogen and oxygen atoms in total. The molecule has 1 aromatic rings. The van der Waals surface area contributed by atoms with E-state index in [1.54, 1.807) is 0 Å². The van der Waals surface area contributed by atoms with Crippen molar-refractivity contribution in [3.63, 3.8) is 0 Å². The largest absolute Gasteiger partial charge is 0.310 e. The van der Waals surface area contributed by atoms with Gasteiger partial charge in [-0.2, -0.15) is 11.8 Å². The van der Waals surface area contributed by atoms with Gasteiger partial charge >= 0.3 is 0 Å². The van der Waals surface area contributed by atoms with E-state index in [0.717, 1.165) is 17.5 Å². The number of halogens is 1. The van der Waals surface area contributed by atoms with Crippen LogP contribution in [0.4, 0.5) is 0 Å². The molecule has 1 saturated heterocycles. The molecule has 1 heterocycles. The molecule has 1 fully saturated rings. The minimum atomic E-state index is 0.471. The van der Waals surface area contributed by atoms with Crippen molar-refractivity contribution in [1.29, 1.82) is 0 Å². The van der Waals surface area contributed by atoms with Crippen molar-refractivity contribution >= 4 is 23.4 Å². The first-order valence-electron chi connectivity index (χ1n) is 5.88. The average Bonchev–Trinajstić information content (AvgIpc) is 2.79. The molecule has 1 aromatic carbocycles. The van der Waals surface area contributed by atoms with Crippen LogP contribution in [0.3, 0.4) is 0 Å². The Kier molecular flexibility index (Phi) is 4.56. The molecule has 1 aliphatic rings. The highest BCUT2D eigenvalue weighted by atomic mass is 35.5. The van der Waals surface area contributed by atoms with Gasteiger partial charge in [-0.1, -0.05) is 30.7 Å². The summed E-state index contributed by atoms with van der Waals surface area (Å²) in [6.45, 7) is 3.18. The first-order valence-corrected chi connectivity index (χ1v) is 7.41. The van der Waals surface area contributed by atoms with Gasteiger partial charge < -0.3 is 5.32 Å². The van der Waals surface area contributed by atoms with Crippen LogP contribution in [0.2, 0.25) is 5.02 Å². The van der Waals surface area contributed by atoms with Crippen LogP contribution in [-0.4, -0.2) is 18.1 Å². The Morgan fingerprint density at radius 3 is 3.06 bits per heavy atom. The maximum Gasteiger partial charge on any atom is 0.0409 e. The summed E-state index contributed by atoms with van der Waals surface area (Å²) in [4.78, 5) is 0. The maximum atomic E-state index is 6.06. The van der Waals surface area contributed by atoms with Crippen molar-refractivity contribution in [2.45, 2.75) is 19.4 Å². The maximum absolute atomic E-state index is 6.06. The summed E-state index contributed by atoms with van der Waals surface area (Å²) in [5, 5.41) is 4.44. The Morgan fingerprint density at radius 1 is 1.56 bits per heavy atom. The van der Waals surface area contributed by atoms with E-state index >= 15 is 0 Å². The predicted molar refractivity (Wildman–Crippen MR) is 73.3 cm³/mol. The van der Waals surface area contributed by atoms with E-state index in [9.17, 15) is 0 Å². The lowest BCUT2D eigenvalue weighted by Crippen LogP contribution is -2.28. The molecule has 0 aromatic heterocycles. The average molecular weight is 256 g/mol. The third-order valence-corrected chi connectivity index (χ3v) is 4.49. The number of thioether (sulfide) groups is 1. The second kappa shape index (κ2) is 5.95. The molecule has 0 spiro atoms. The summed E-state index contributed by atoms with van der Waals surface area (Å²) in [6.07, 6.45) is 1.31. The van der Waals surface area contributed by atoms with Crippen LogP contribution in [0.5, 0.6) is 0 Å². The normalized spacial score (nSPS) is 22.2. The molecule has 88 valence electrons. The number of nitrogens with one attached hydrogen (secondary N) is 1. The lowest BCUT2D eigenvalue weighted by Gasteiger charge is -2.24. The van der Waals surface area contributed by atoms with Gasteiger partial charge in [-0.05, 0) is 48.1 Å². The zero-order chi connectivity index (χ0) is 11.4. The minimum Gasteiger partial charge on any atom is -0.310 e. The van der Waals surface area contributed by atoms with Crippen LogP contribution >= 0.6 is 23.4 Å². The lowest BCUT2D eigenvalue weighted by molar-refractivity contribution is 0.401. The fraction of sp³-hybridized carbons (Fsp3) is 0.538. The zero-order valence-electron chi connectivity index (χ0n) is 9.58. The fourth-order valence-corrected chi connectivity index (χ4v) is 3.79. The highest BCUT2D eigenvalue weighted by Gasteiger charge is 2.25. The summed E-state index contributed by atoms with van der Waals surface area (Å²) in [5.74, 6) is 3.32. The SMILES string of the molecule is CCNC(c1cccc(Cl)c1)C1CCSC1. The van der Waals surface area contributed by atoms with Crippen LogP contribution in [0.1, 0.15) is 24.9 Å². The van der Waals surface area contributed by atoms with E-state index in [2.05, 4.69) is 36.1 Å². The van der Waals surface area contributed by atoms with Crippen molar-refractivity contribution in [1.82, 2.24) is 5.32 Å². The van der Waals surface area contributed by atoms with Gasteiger partial charge in [0.2, 0.25) is 0 Å². The molecule has 16 heavy (non-hydrogen) atoms. The van der Waals surface area contributed by atoms with Gasteiger partial charge in [0, 0.05) is 11.1 Å². The van der Waals surface area contributed by atoms with Crippen molar-refractivity contribution in [3.05, 3.63) is 34.9 Å². The lowest BCUT2D eigenvalue weighted by atomic mass is 9.92. The van der Waals surface area contributed by atoms with Crippen molar-refractivity contribution in [2.24, 2.45) is 5.92 Å². The summed E-state index contributed by atoms with van der Waals surface area (Å²) < 4.78 is 0. The van der Waals surface area contributed by atoms with Gasteiger partial charge in [0.15, 0.2) is 0 Å². The smallest absolute Gasteiger partial charge is 0.0409 e. The third kappa shape index (κ3) is 2.93. The number of hydrogen-bond donors (Lipinski definition) is 1. The van der Waals surface area contributed by atoms with Crippen LogP contribution in [0.15, 0.2) is 24.3 Å². The Bertz CT molecular complexity index is 336. The second-order valence-electron chi connectivity index (χ2n) is 4.21. The summed E-state index contributed by atoms with van der Waals surface area (Å²) in [7, 11) is 0. The van der Waals surface area contributed by atoms with Gasteiger partial charge in [-0.25, -0.2) is 0 Å². The molecule has 1 aliphatic heterocycles. The molecule has 0 saturated carbocycles. The van der Waals surface area contributed by atoms with Gasteiger partial charge in [0.25, 0.3) is 0 Å². The zero-order valence-corrected chi connectivity index (χ0v) is 11.2. The van der Waals surface area contributed by atoms with Crippen LogP contribution in [0.25, 0.3) is 0 Å². The molecule has 1 N–H and O–H groups in total. The van der Waals surface area contributed by atoms with Crippen LogP contribution in [-0.2, 0) is 0 Å². The second-order valence-corrected chi connectivity index (χ2v) is 5.80. The summed E-state index contributed by atoms with van der Waals surface area (Å²) >= 11 is 8.13. The topological polar surface area (TPSA) is 12.0 Å². The molecule has 2 rings (SSSR count). The first-order chi connectivity index (χ1) is 7.81. The molecule has 0 amide bonds. The van der Waals surface area contributed by atoms with E-state index in [1.165, 1.54) is 23.5 Å². The van der Waals surface area contributed by atoms with Crippen molar-refractivity contribution < 1.29 is 0 Å². The Balaban J connectivity index is 2.17. The van der Waals surface area contributed by atoms with Gasteiger partial charge in [0.05, 0.1) is 0 Å². The highest BCUT2D eigenvalue weighted by molar-refractivity contribution is 7.99. The van der Waals surface area contributed by atoms with Gasteiger partial charge in [0.1, 0.15) is 0 Å². The molecular formula is C13H18ClNS. The Morgan fingerprint density at radius 2 is 2.44 bits per heavy atom. The molecular weight excluding hydrogens is 238 g/mol. The Hall–Kier alpha value is -0.180. The fourth-order valence-electron chi connectivity index (χ4n) is 2.29. The Labute approximate surface area is 107 Å². The van der Waals surface area contributed by atoms with Crippen molar-refractivity contribution in [3.8, 4) is 0 Å². The van der Waals surface area contributed by atoms with Crippen LogP contribution < -0.4 is 5.32 Å². The van der Waals surface area contributed by atoms with Crippen LogP contribution in [0, 0.1) is 5.92 Å². The molecule has 0 bridgehead atoms. The quantitative estimate of drug-likeness (QED) is 0.880. The highest BCUT2D eigenvalue weighted by Crippen LogP contribution is 2.34. The molecule has 2 unspecified atom stereocenters. The van der Waals surface area contributed by atoms with E-state index in [4.69, 9.17) is 11.6 Å². The van der Waals surface area contributed by atoms with E-state index in [1.807, 2.05) is 12.1 Å². The molecule has 2 atom stereocenters. The number of benzene rings is 1. The van der Waals surface area contributed by atoms with E-state index in [0.29, 0.717) is 6.04 Å². The summed E-state index contributed by atoms with van der Waals surface area (Å²) in [5.41, 5.74) is 1.34. The predicted octanol–water partition coefficient (Wildman–Crippen LogP) is 3.74. The molecule has 3 heteroatoms. The van der Waals surface area contributed by atoms with Crippen molar-refractivity contribution in [2.75, 3.05) is 18.1 Å². The van der Waals surface area contributed by atoms with E-state index < -0.39 is 0 Å². The number of rotatable bonds is 4. The van der Waals surface area contributed by atoms with Gasteiger partial charge in [-0.3, -0.25) is 0 Å².